The van der Waals surface area contributed by atoms with Gasteiger partial charge in [-0.1, -0.05) is 30.3 Å². The standard InChI is InChI=1S/C24H23N3O3/c1-16-26-19-14-17(24(28)25-15-18-8-4-6-10-22(18)29-2)12-13-20(19)27(16)21-9-5-7-11-23(21)30-3/h4-14H,15H2,1-3H3,(H,25,28). The van der Waals surface area contributed by atoms with Gasteiger partial charge in [0.25, 0.3) is 5.91 Å². The van der Waals surface area contributed by atoms with Crippen molar-refractivity contribution in [2.24, 2.45) is 0 Å². The Hall–Kier alpha value is -3.80. The Morgan fingerprint density at radius 3 is 2.43 bits per heavy atom. The molecule has 0 atom stereocenters. The van der Waals surface area contributed by atoms with Crippen LogP contribution in [0.25, 0.3) is 16.7 Å². The van der Waals surface area contributed by atoms with E-state index in [0.717, 1.165) is 39.6 Å². The summed E-state index contributed by atoms with van der Waals surface area (Å²) >= 11 is 0. The normalized spacial score (nSPS) is 10.8. The first kappa shape index (κ1) is 19.5. The number of aryl methyl sites for hydroxylation is 1. The summed E-state index contributed by atoms with van der Waals surface area (Å²) in [6.45, 7) is 2.32. The Kier molecular flexibility index (Phi) is 5.39. The van der Waals surface area contributed by atoms with Gasteiger partial charge >= 0.3 is 0 Å². The molecule has 6 heteroatoms. The van der Waals surface area contributed by atoms with Crippen LogP contribution in [0.1, 0.15) is 21.7 Å². The number of amides is 1. The Morgan fingerprint density at radius 2 is 1.67 bits per heavy atom. The molecular weight excluding hydrogens is 378 g/mol. The van der Waals surface area contributed by atoms with E-state index in [1.165, 1.54) is 0 Å². The Bertz CT molecular complexity index is 1210. The molecular formula is C24H23N3O3. The van der Waals surface area contributed by atoms with Crippen LogP contribution in [0.4, 0.5) is 0 Å². The lowest BCUT2D eigenvalue weighted by Crippen LogP contribution is -2.23. The Balaban J connectivity index is 1.62. The minimum atomic E-state index is -0.160. The monoisotopic (exact) mass is 401 g/mol. The molecule has 0 unspecified atom stereocenters. The number of benzene rings is 3. The number of fused-ring (bicyclic) bond motifs is 1. The summed E-state index contributed by atoms with van der Waals surface area (Å²) in [5, 5.41) is 2.95. The molecule has 4 rings (SSSR count). The van der Waals surface area contributed by atoms with Crippen molar-refractivity contribution in [3.8, 4) is 17.2 Å². The van der Waals surface area contributed by atoms with E-state index in [1.807, 2.05) is 78.2 Å². The van der Waals surface area contributed by atoms with Crippen molar-refractivity contribution in [1.82, 2.24) is 14.9 Å². The van der Waals surface area contributed by atoms with Gasteiger partial charge in [0, 0.05) is 17.7 Å². The van der Waals surface area contributed by atoms with Crippen molar-refractivity contribution in [1.29, 1.82) is 0 Å². The van der Waals surface area contributed by atoms with E-state index in [4.69, 9.17) is 9.47 Å². The van der Waals surface area contributed by atoms with Crippen molar-refractivity contribution >= 4 is 16.9 Å². The molecule has 0 saturated carbocycles. The lowest BCUT2D eigenvalue weighted by Gasteiger charge is -2.12. The van der Waals surface area contributed by atoms with Gasteiger partial charge in [0.05, 0.1) is 30.9 Å². The van der Waals surface area contributed by atoms with E-state index in [9.17, 15) is 4.79 Å². The number of hydrogen-bond acceptors (Lipinski definition) is 4. The summed E-state index contributed by atoms with van der Waals surface area (Å²) in [6, 6.07) is 21.0. The minimum absolute atomic E-state index is 0.160. The van der Waals surface area contributed by atoms with Gasteiger partial charge < -0.3 is 14.8 Å². The van der Waals surface area contributed by atoms with Crippen LogP contribution in [0, 0.1) is 6.92 Å². The molecule has 0 bridgehead atoms. The number of rotatable bonds is 6. The fourth-order valence-electron chi connectivity index (χ4n) is 3.59. The van der Waals surface area contributed by atoms with E-state index in [1.54, 1.807) is 14.2 Å². The highest BCUT2D eigenvalue weighted by molar-refractivity contribution is 5.97. The average molecular weight is 401 g/mol. The summed E-state index contributed by atoms with van der Waals surface area (Å²) < 4.78 is 12.9. The smallest absolute Gasteiger partial charge is 0.251 e. The predicted octanol–water partition coefficient (Wildman–Crippen LogP) is 4.28. The minimum Gasteiger partial charge on any atom is -0.496 e. The first-order valence-corrected chi connectivity index (χ1v) is 9.65. The third kappa shape index (κ3) is 3.59. The van der Waals surface area contributed by atoms with Gasteiger partial charge in [-0.3, -0.25) is 9.36 Å². The lowest BCUT2D eigenvalue weighted by molar-refractivity contribution is 0.0951. The van der Waals surface area contributed by atoms with Crippen molar-refractivity contribution in [3.63, 3.8) is 0 Å². The molecule has 152 valence electrons. The van der Waals surface area contributed by atoms with Crippen LogP contribution in [-0.4, -0.2) is 29.7 Å². The quantitative estimate of drug-likeness (QED) is 0.524. The molecule has 0 aliphatic carbocycles. The van der Waals surface area contributed by atoms with Crippen LogP contribution < -0.4 is 14.8 Å². The topological polar surface area (TPSA) is 65.4 Å². The maximum absolute atomic E-state index is 12.7. The highest BCUT2D eigenvalue weighted by Gasteiger charge is 2.15. The first-order valence-electron chi connectivity index (χ1n) is 9.65. The highest BCUT2D eigenvalue weighted by Crippen LogP contribution is 2.28. The molecule has 0 fully saturated rings. The number of hydrogen-bond donors (Lipinski definition) is 1. The molecule has 0 saturated heterocycles. The van der Waals surface area contributed by atoms with Gasteiger partial charge in [0.15, 0.2) is 0 Å². The fourth-order valence-corrected chi connectivity index (χ4v) is 3.59. The van der Waals surface area contributed by atoms with Gasteiger partial charge in [-0.25, -0.2) is 4.98 Å². The summed E-state index contributed by atoms with van der Waals surface area (Å²) in [7, 11) is 3.27. The van der Waals surface area contributed by atoms with Crippen LogP contribution >= 0.6 is 0 Å². The number of nitrogens with one attached hydrogen (secondary N) is 1. The SMILES string of the molecule is COc1ccccc1CNC(=O)c1ccc2c(c1)nc(C)n2-c1ccccc1OC. The number of methoxy groups -OCH3 is 2. The van der Waals surface area contributed by atoms with E-state index < -0.39 is 0 Å². The highest BCUT2D eigenvalue weighted by atomic mass is 16.5. The van der Waals surface area contributed by atoms with E-state index in [-0.39, 0.29) is 5.91 Å². The van der Waals surface area contributed by atoms with Gasteiger partial charge in [0.2, 0.25) is 0 Å². The second-order valence-electron chi connectivity index (χ2n) is 6.86. The number of para-hydroxylation sites is 3. The number of carbonyl (C=O) groups excluding carboxylic acids is 1. The molecule has 1 amide bonds. The molecule has 1 heterocycles. The molecule has 30 heavy (non-hydrogen) atoms. The second-order valence-corrected chi connectivity index (χ2v) is 6.86. The number of nitrogens with zero attached hydrogens (tertiary/aromatic N) is 2. The lowest BCUT2D eigenvalue weighted by atomic mass is 10.1. The molecule has 0 radical (unpaired) electrons. The maximum Gasteiger partial charge on any atom is 0.251 e. The molecule has 6 nitrogen and oxygen atoms in total. The van der Waals surface area contributed by atoms with Crippen LogP contribution in [0.2, 0.25) is 0 Å². The van der Waals surface area contributed by atoms with Crippen LogP contribution in [0.3, 0.4) is 0 Å². The van der Waals surface area contributed by atoms with Crippen molar-refractivity contribution in [2.75, 3.05) is 14.2 Å². The molecule has 4 aromatic rings. The van der Waals surface area contributed by atoms with Gasteiger partial charge in [-0.15, -0.1) is 0 Å². The van der Waals surface area contributed by atoms with E-state index in [2.05, 4.69) is 10.3 Å². The summed E-state index contributed by atoms with van der Waals surface area (Å²) in [6.07, 6.45) is 0. The van der Waals surface area contributed by atoms with E-state index in [0.29, 0.717) is 12.1 Å². The number of ether oxygens (including phenoxy) is 2. The zero-order chi connectivity index (χ0) is 21.1. The van der Waals surface area contributed by atoms with Crippen molar-refractivity contribution in [2.45, 2.75) is 13.5 Å². The third-order valence-electron chi connectivity index (χ3n) is 5.04. The first-order chi connectivity index (χ1) is 14.6. The number of carbonyl (C=O) groups is 1. The van der Waals surface area contributed by atoms with Crippen LogP contribution in [-0.2, 0) is 6.54 Å². The molecule has 1 N–H and O–H groups in total. The fraction of sp³-hybridized carbons (Fsp3) is 0.167. The Morgan fingerprint density at radius 1 is 0.967 bits per heavy atom. The molecule has 1 aromatic heterocycles. The molecule has 3 aromatic carbocycles. The second kappa shape index (κ2) is 8.29. The number of aromatic nitrogens is 2. The van der Waals surface area contributed by atoms with Gasteiger partial charge in [-0.2, -0.15) is 0 Å². The van der Waals surface area contributed by atoms with Crippen molar-refractivity contribution < 1.29 is 14.3 Å². The van der Waals surface area contributed by atoms with Gasteiger partial charge in [-0.05, 0) is 43.3 Å². The zero-order valence-corrected chi connectivity index (χ0v) is 17.2. The summed E-state index contributed by atoms with van der Waals surface area (Å²) in [4.78, 5) is 17.4. The van der Waals surface area contributed by atoms with E-state index >= 15 is 0 Å². The van der Waals surface area contributed by atoms with Crippen molar-refractivity contribution in [3.05, 3.63) is 83.7 Å². The molecule has 0 aliphatic heterocycles. The molecule has 0 spiro atoms. The van der Waals surface area contributed by atoms with Crippen LogP contribution in [0.15, 0.2) is 66.7 Å². The summed E-state index contributed by atoms with van der Waals surface area (Å²) in [5.74, 6) is 2.17. The number of imidazole rings is 1. The molecule has 0 aliphatic rings. The maximum atomic E-state index is 12.7. The predicted molar refractivity (Wildman–Crippen MR) is 117 cm³/mol. The Labute approximate surface area is 175 Å². The third-order valence-corrected chi connectivity index (χ3v) is 5.04. The van der Waals surface area contributed by atoms with Crippen LogP contribution in [0.5, 0.6) is 11.5 Å². The summed E-state index contributed by atoms with van der Waals surface area (Å²) in [5.41, 5.74) is 4.06. The zero-order valence-electron chi connectivity index (χ0n) is 17.2. The average Bonchev–Trinajstić information content (AvgIpc) is 3.12. The largest absolute Gasteiger partial charge is 0.496 e. The van der Waals surface area contributed by atoms with Gasteiger partial charge in [0.1, 0.15) is 17.3 Å².